The highest BCUT2D eigenvalue weighted by atomic mass is 79.9. The van der Waals surface area contributed by atoms with Gasteiger partial charge in [0.05, 0.1) is 19.1 Å². The molecule has 0 radical (unpaired) electrons. The van der Waals surface area contributed by atoms with Crippen LogP contribution in [-0.4, -0.2) is 23.5 Å². The molecule has 1 aromatic heterocycles. The topological polar surface area (TPSA) is 66.4 Å². The van der Waals surface area contributed by atoms with Crippen molar-refractivity contribution in [3.63, 3.8) is 0 Å². The quantitative estimate of drug-likeness (QED) is 0.819. The number of hydrogen-bond donors (Lipinski definition) is 2. The minimum absolute atomic E-state index is 0.143. The fourth-order valence-corrected chi connectivity index (χ4v) is 4.01. The van der Waals surface area contributed by atoms with Gasteiger partial charge in [-0.05, 0) is 44.3 Å². The van der Waals surface area contributed by atoms with E-state index in [0.717, 1.165) is 7.57 Å². The molecule has 0 aliphatic carbocycles. The molecule has 2 N–H and O–H groups in total. The van der Waals surface area contributed by atoms with Crippen molar-refractivity contribution in [1.82, 2.24) is 5.32 Å². The number of nitrogens with one attached hydrogen (secondary N) is 1. The zero-order valence-corrected chi connectivity index (χ0v) is 13.0. The maximum atomic E-state index is 11.8. The van der Waals surface area contributed by atoms with E-state index in [1.165, 1.54) is 11.3 Å². The Bertz CT molecular complexity index is 433. The standard InChI is InChI=1S/C10H11Br2NO3S/c1-2-5(10(15)16)4-13-9(14)6-3-7(11)17-8(6)12/h3,5H,2,4H2,1H3,(H,13,14)(H,15,16). The Labute approximate surface area is 120 Å². The molecular formula is C10H11Br2NO3S. The zero-order chi connectivity index (χ0) is 13.0. The van der Waals surface area contributed by atoms with Gasteiger partial charge in [-0.3, -0.25) is 9.59 Å². The van der Waals surface area contributed by atoms with Gasteiger partial charge in [0, 0.05) is 6.54 Å². The van der Waals surface area contributed by atoms with E-state index in [9.17, 15) is 9.59 Å². The number of hydrogen-bond acceptors (Lipinski definition) is 3. The molecule has 1 aromatic rings. The highest BCUT2D eigenvalue weighted by Crippen LogP contribution is 2.31. The first-order valence-electron chi connectivity index (χ1n) is 4.91. The first-order valence-corrected chi connectivity index (χ1v) is 7.31. The molecule has 1 amide bonds. The number of aliphatic carboxylic acids is 1. The van der Waals surface area contributed by atoms with Crippen LogP contribution in [0.1, 0.15) is 23.7 Å². The van der Waals surface area contributed by atoms with E-state index in [1.54, 1.807) is 13.0 Å². The van der Waals surface area contributed by atoms with Crippen LogP contribution in [0.15, 0.2) is 13.6 Å². The van der Waals surface area contributed by atoms with Crippen molar-refractivity contribution in [3.8, 4) is 0 Å². The molecular weight excluding hydrogens is 374 g/mol. The predicted octanol–water partition coefficient (Wildman–Crippen LogP) is 3.11. The van der Waals surface area contributed by atoms with Gasteiger partial charge in [-0.15, -0.1) is 11.3 Å². The van der Waals surface area contributed by atoms with Crippen molar-refractivity contribution < 1.29 is 14.7 Å². The van der Waals surface area contributed by atoms with Gasteiger partial charge in [-0.1, -0.05) is 6.92 Å². The average Bonchev–Trinajstić information content (AvgIpc) is 2.58. The Morgan fingerprint density at radius 3 is 2.59 bits per heavy atom. The number of carboxylic acid groups (broad SMARTS) is 1. The lowest BCUT2D eigenvalue weighted by atomic mass is 10.1. The summed E-state index contributed by atoms with van der Waals surface area (Å²) in [6.45, 7) is 1.92. The Kier molecular flexibility index (Phi) is 5.61. The number of thiophene rings is 1. The van der Waals surface area contributed by atoms with E-state index in [2.05, 4.69) is 37.2 Å². The van der Waals surface area contributed by atoms with Gasteiger partial charge in [0.25, 0.3) is 5.91 Å². The van der Waals surface area contributed by atoms with Crippen molar-refractivity contribution >= 4 is 55.1 Å². The van der Waals surface area contributed by atoms with E-state index >= 15 is 0 Å². The molecule has 17 heavy (non-hydrogen) atoms. The average molecular weight is 385 g/mol. The van der Waals surface area contributed by atoms with Crippen molar-refractivity contribution in [2.24, 2.45) is 5.92 Å². The first kappa shape index (κ1) is 14.7. The van der Waals surface area contributed by atoms with Crippen LogP contribution in [0.4, 0.5) is 0 Å². The van der Waals surface area contributed by atoms with E-state index in [-0.39, 0.29) is 12.5 Å². The second kappa shape index (κ2) is 6.51. The van der Waals surface area contributed by atoms with Crippen LogP contribution < -0.4 is 5.32 Å². The summed E-state index contributed by atoms with van der Waals surface area (Å²) in [7, 11) is 0. The molecule has 1 heterocycles. The molecule has 4 nitrogen and oxygen atoms in total. The monoisotopic (exact) mass is 383 g/mol. The summed E-state index contributed by atoms with van der Waals surface area (Å²) in [5.41, 5.74) is 0.516. The molecule has 1 unspecified atom stereocenters. The van der Waals surface area contributed by atoms with Crippen LogP contribution in [0, 0.1) is 5.92 Å². The third-order valence-corrected chi connectivity index (χ3v) is 4.59. The van der Waals surface area contributed by atoms with Gasteiger partial charge >= 0.3 is 5.97 Å². The number of carbonyl (C=O) groups is 2. The van der Waals surface area contributed by atoms with E-state index < -0.39 is 11.9 Å². The SMILES string of the molecule is CCC(CNC(=O)c1cc(Br)sc1Br)C(=O)O. The second-order valence-electron chi connectivity index (χ2n) is 3.39. The van der Waals surface area contributed by atoms with Crippen LogP contribution in [0.5, 0.6) is 0 Å². The Balaban J connectivity index is 2.61. The summed E-state index contributed by atoms with van der Waals surface area (Å²) in [6, 6.07) is 1.70. The lowest BCUT2D eigenvalue weighted by Gasteiger charge is -2.10. The summed E-state index contributed by atoms with van der Waals surface area (Å²) < 4.78 is 1.57. The van der Waals surface area contributed by atoms with Gasteiger partial charge in [0.15, 0.2) is 0 Å². The molecule has 1 atom stereocenters. The van der Waals surface area contributed by atoms with Gasteiger partial charge in [-0.25, -0.2) is 0 Å². The van der Waals surface area contributed by atoms with Crippen LogP contribution >= 0.6 is 43.2 Å². The number of carbonyl (C=O) groups excluding carboxylic acids is 1. The summed E-state index contributed by atoms with van der Waals surface area (Å²) in [4.78, 5) is 22.6. The van der Waals surface area contributed by atoms with Crippen molar-refractivity contribution in [1.29, 1.82) is 0 Å². The normalized spacial score (nSPS) is 12.2. The van der Waals surface area contributed by atoms with Crippen LogP contribution in [0.3, 0.4) is 0 Å². The number of halogens is 2. The molecule has 0 aliphatic heterocycles. The van der Waals surface area contributed by atoms with E-state index in [0.29, 0.717) is 12.0 Å². The molecule has 0 aliphatic rings. The number of rotatable bonds is 5. The lowest BCUT2D eigenvalue weighted by Crippen LogP contribution is -2.32. The van der Waals surface area contributed by atoms with Gasteiger partial charge < -0.3 is 10.4 Å². The molecule has 1 rings (SSSR count). The van der Waals surface area contributed by atoms with Gasteiger partial charge in [-0.2, -0.15) is 0 Å². The molecule has 0 saturated heterocycles. The Morgan fingerprint density at radius 2 is 2.18 bits per heavy atom. The van der Waals surface area contributed by atoms with Crippen molar-refractivity contribution in [2.45, 2.75) is 13.3 Å². The van der Waals surface area contributed by atoms with E-state index in [4.69, 9.17) is 5.11 Å². The Hall–Kier alpha value is -0.400. The predicted molar refractivity (Wildman–Crippen MR) is 73.5 cm³/mol. The summed E-state index contributed by atoms with van der Waals surface area (Å²) in [5, 5.41) is 11.5. The van der Waals surface area contributed by atoms with Crippen molar-refractivity contribution in [3.05, 3.63) is 19.2 Å². The second-order valence-corrected chi connectivity index (χ2v) is 7.14. The molecule has 0 saturated carbocycles. The fourth-order valence-electron chi connectivity index (χ4n) is 1.21. The third kappa shape index (κ3) is 4.08. The molecule has 94 valence electrons. The van der Waals surface area contributed by atoms with Crippen molar-refractivity contribution in [2.75, 3.05) is 6.54 Å². The molecule has 7 heteroatoms. The highest BCUT2D eigenvalue weighted by molar-refractivity contribution is 9.12. The molecule has 0 spiro atoms. The Morgan fingerprint density at radius 1 is 1.53 bits per heavy atom. The summed E-state index contributed by atoms with van der Waals surface area (Å²) >= 11 is 7.96. The summed E-state index contributed by atoms with van der Waals surface area (Å²) in [6.07, 6.45) is 0.490. The van der Waals surface area contributed by atoms with E-state index in [1.807, 2.05) is 0 Å². The zero-order valence-electron chi connectivity index (χ0n) is 9.00. The maximum Gasteiger partial charge on any atom is 0.308 e. The van der Waals surface area contributed by atoms with Gasteiger partial charge in [0.2, 0.25) is 0 Å². The maximum absolute atomic E-state index is 11.8. The molecule has 0 fully saturated rings. The largest absolute Gasteiger partial charge is 0.481 e. The number of carboxylic acids is 1. The lowest BCUT2D eigenvalue weighted by molar-refractivity contribution is -0.141. The number of amides is 1. The first-order chi connectivity index (χ1) is 7.95. The highest BCUT2D eigenvalue weighted by Gasteiger charge is 2.18. The molecule has 0 bridgehead atoms. The fraction of sp³-hybridized carbons (Fsp3) is 0.400. The van der Waals surface area contributed by atoms with Crippen LogP contribution in [0.25, 0.3) is 0 Å². The smallest absolute Gasteiger partial charge is 0.308 e. The third-order valence-electron chi connectivity index (χ3n) is 2.25. The minimum Gasteiger partial charge on any atom is -0.481 e. The van der Waals surface area contributed by atoms with Crippen LogP contribution in [0.2, 0.25) is 0 Å². The minimum atomic E-state index is -0.890. The van der Waals surface area contributed by atoms with Crippen LogP contribution in [-0.2, 0) is 4.79 Å². The van der Waals surface area contributed by atoms with Gasteiger partial charge in [0.1, 0.15) is 0 Å². The summed E-state index contributed by atoms with van der Waals surface area (Å²) in [5.74, 6) is -1.70. The molecule has 0 aromatic carbocycles.